The number of nitrogens with zero attached hydrogens (tertiary/aromatic N) is 2. The Balaban J connectivity index is 1.54. The fourth-order valence-corrected chi connectivity index (χ4v) is 3.74. The van der Waals surface area contributed by atoms with Gasteiger partial charge in [-0.15, -0.1) is 11.3 Å². The van der Waals surface area contributed by atoms with Crippen LogP contribution in [0.3, 0.4) is 0 Å². The molecule has 0 atom stereocenters. The van der Waals surface area contributed by atoms with Gasteiger partial charge in [0.25, 0.3) is 0 Å². The fourth-order valence-electron chi connectivity index (χ4n) is 2.53. The summed E-state index contributed by atoms with van der Waals surface area (Å²) >= 11 is 13.8. The van der Waals surface area contributed by atoms with E-state index in [1.807, 2.05) is 16.0 Å². The quantitative estimate of drug-likeness (QED) is 0.645. The van der Waals surface area contributed by atoms with E-state index >= 15 is 0 Å². The predicted octanol–water partition coefficient (Wildman–Crippen LogP) is 4.52. The molecule has 0 aliphatic carbocycles. The maximum absolute atomic E-state index is 12.3. The zero-order valence-corrected chi connectivity index (χ0v) is 15.7. The number of carbonyl (C=O) groups is 1. The molecule has 6 nitrogen and oxygen atoms in total. The molecule has 0 spiro atoms. The highest BCUT2D eigenvalue weighted by molar-refractivity contribution is 7.15. The number of ether oxygens (including phenoxy) is 2. The monoisotopic (exact) mass is 409 g/mol. The number of imidazole rings is 1. The van der Waals surface area contributed by atoms with Crippen LogP contribution in [0, 0.1) is 0 Å². The van der Waals surface area contributed by atoms with Crippen molar-refractivity contribution >= 4 is 57.2 Å². The molecule has 0 fully saturated rings. The van der Waals surface area contributed by atoms with Gasteiger partial charge in [-0.3, -0.25) is 9.20 Å². The number of thiazole rings is 1. The van der Waals surface area contributed by atoms with E-state index < -0.39 is 0 Å². The lowest BCUT2D eigenvalue weighted by molar-refractivity contribution is -0.111. The Hall–Kier alpha value is -2.22. The van der Waals surface area contributed by atoms with E-state index in [0.717, 1.165) is 11.4 Å². The van der Waals surface area contributed by atoms with Gasteiger partial charge in [-0.1, -0.05) is 23.2 Å². The first-order valence-corrected chi connectivity index (χ1v) is 9.44. The maximum Gasteiger partial charge on any atom is 0.248 e. The molecule has 134 valence electrons. The number of anilines is 1. The van der Waals surface area contributed by atoms with Crippen LogP contribution >= 0.6 is 34.5 Å². The van der Waals surface area contributed by atoms with E-state index in [1.54, 1.807) is 18.2 Å². The summed E-state index contributed by atoms with van der Waals surface area (Å²) in [5.74, 6) is 0.791. The molecule has 3 heterocycles. The molecule has 1 N–H and O–H groups in total. The summed E-state index contributed by atoms with van der Waals surface area (Å²) < 4.78 is 13.0. The van der Waals surface area contributed by atoms with Crippen molar-refractivity contribution in [1.82, 2.24) is 9.38 Å². The highest BCUT2D eigenvalue weighted by Crippen LogP contribution is 2.37. The average Bonchev–Trinajstić information content (AvgIpc) is 3.08. The number of carbonyl (C=O) groups excluding carboxylic acids is 1. The molecular formula is C17H13Cl2N3O3S. The van der Waals surface area contributed by atoms with Crippen molar-refractivity contribution in [2.24, 2.45) is 0 Å². The Labute approximate surface area is 163 Å². The minimum Gasteiger partial charge on any atom is -0.490 e. The maximum atomic E-state index is 12.3. The van der Waals surface area contributed by atoms with Gasteiger partial charge in [0.05, 0.1) is 29.6 Å². The van der Waals surface area contributed by atoms with Gasteiger partial charge in [0.2, 0.25) is 5.91 Å². The molecule has 0 saturated heterocycles. The average molecular weight is 410 g/mol. The second kappa shape index (κ2) is 7.19. The first-order valence-electron chi connectivity index (χ1n) is 7.81. The Morgan fingerprint density at radius 3 is 2.85 bits per heavy atom. The molecule has 0 bridgehead atoms. The number of hydrogen-bond acceptors (Lipinski definition) is 5. The Morgan fingerprint density at radius 1 is 1.27 bits per heavy atom. The summed E-state index contributed by atoms with van der Waals surface area (Å²) in [4.78, 5) is 17.3. The highest BCUT2D eigenvalue weighted by Gasteiger charge is 2.15. The van der Waals surface area contributed by atoms with Crippen LogP contribution in [0.25, 0.3) is 11.0 Å². The molecule has 2 aromatic heterocycles. The van der Waals surface area contributed by atoms with E-state index in [9.17, 15) is 4.79 Å². The van der Waals surface area contributed by atoms with Crippen LogP contribution in [0.5, 0.6) is 11.5 Å². The van der Waals surface area contributed by atoms with Crippen molar-refractivity contribution in [3.63, 3.8) is 0 Å². The molecule has 4 rings (SSSR count). The third-order valence-electron chi connectivity index (χ3n) is 3.74. The molecule has 26 heavy (non-hydrogen) atoms. The molecule has 3 aromatic rings. The molecule has 1 aliphatic heterocycles. The largest absolute Gasteiger partial charge is 0.490 e. The number of rotatable bonds is 3. The number of halogens is 2. The summed E-state index contributed by atoms with van der Waals surface area (Å²) in [6.45, 7) is 1.12. The van der Waals surface area contributed by atoms with Crippen LogP contribution < -0.4 is 14.8 Å². The number of nitrogens with one attached hydrogen (secondary N) is 1. The lowest BCUT2D eigenvalue weighted by Crippen LogP contribution is -2.08. The van der Waals surface area contributed by atoms with Gasteiger partial charge in [-0.2, -0.15) is 0 Å². The first-order chi connectivity index (χ1) is 12.6. The van der Waals surface area contributed by atoms with Crippen molar-refractivity contribution in [2.75, 3.05) is 18.5 Å². The molecule has 1 aliphatic rings. The van der Waals surface area contributed by atoms with Gasteiger partial charge < -0.3 is 14.8 Å². The number of amides is 1. The highest BCUT2D eigenvalue weighted by atomic mass is 35.5. The predicted molar refractivity (Wildman–Crippen MR) is 103 cm³/mol. The van der Waals surface area contributed by atoms with Gasteiger partial charge in [-0.25, -0.2) is 4.98 Å². The lowest BCUT2D eigenvalue weighted by atomic mass is 10.2. The molecular weight excluding hydrogens is 397 g/mol. The van der Waals surface area contributed by atoms with E-state index in [1.165, 1.54) is 17.4 Å². The fraction of sp³-hybridized carbons (Fsp3) is 0.176. The second-order valence-corrected chi connectivity index (χ2v) is 7.13. The minimum absolute atomic E-state index is 0.342. The number of benzene rings is 1. The smallest absolute Gasteiger partial charge is 0.248 e. The van der Waals surface area contributed by atoms with Crippen molar-refractivity contribution in [2.45, 2.75) is 6.42 Å². The van der Waals surface area contributed by atoms with E-state index in [0.29, 0.717) is 46.3 Å². The SMILES string of the molecule is O=C(/C=C/c1c(Cl)nc2sccn12)Nc1cc2c(cc1Cl)OCCCO2. The van der Waals surface area contributed by atoms with E-state index in [-0.39, 0.29) is 5.91 Å². The molecule has 0 unspecified atom stereocenters. The third-order valence-corrected chi connectivity index (χ3v) is 5.09. The van der Waals surface area contributed by atoms with Gasteiger partial charge in [-0.05, 0) is 6.08 Å². The minimum atomic E-state index is -0.345. The first kappa shape index (κ1) is 17.2. The number of aromatic nitrogens is 2. The van der Waals surface area contributed by atoms with Gasteiger partial charge in [0, 0.05) is 36.2 Å². The Bertz CT molecular complexity index is 1010. The van der Waals surface area contributed by atoms with Crippen molar-refractivity contribution in [3.8, 4) is 11.5 Å². The molecule has 0 radical (unpaired) electrons. The zero-order valence-electron chi connectivity index (χ0n) is 13.4. The topological polar surface area (TPSA) is 64.9 Å². The molecule has 9 heteroatoms. The van der Waals surface area contributed by atoms with Crippen LogP contribution in [0.2, 0.25) is 10.2 Å². The van der Waals surface area contributed by atoms with Crippen LogP contribution in [-0.4, -0.2) is 28.5 Å². The van der Waals surface area contributed by atoms with Crippen molar-refractivity contribution in [1.29, 1.82) is 0 Å². The summed E-state index contributed by atoms with van der Waals surface area (Å²) in [6, 6.07) is 3.31. The van der Waals surface area contributed by atoms with Gasteiger partial charge >= 0.3 is 0 Å². The lowest BCUT2D eigenvalue weighted by Gasteiger charge is -2.11. The normalized spacial score (nSPS) is 13.9. The zero-order chi connectivity index (χ0) is 18.1. The molecule has 1 amide bonds. The summed E-state index contributed by atoms with van der Waals surface area (Å²) in [5.41, 5.74) is 1.09. The van der Waals surface area contributed by atoms with E-state index in [2.05, 4.69) is 10.3 Å². The number of hydrogen-bond donors (Lipinski definition) is 1. The van der Waals surface area contributed by atoms with Gasteiger partial charge in [0.15, 0.2) is 21.6 Å². The third kappa shape index (κ3) is 3.38. The second-order valence-electron chi connectivity index (χ2n) is 5.50. The van der Waals surface area contributed by atoms with E-state index in [4.69, 9.17) is 32.7 Å². The van der Waals surface area contributed by atoms with Crippen LogP contribution in [0.4, 0.5) is 5.69 Å². The van der Waals surface area contributed by atoms with Crippen LogP contribution in [0.15, 0.2) is 29.8 Å². The van der Waals surface area contributed by atoms with Crippen molar-refractivity contribution in [3.05, 3.63) is 45.7 Å². The molecule has 0 saturated carbocycles. The number of fused-ring (bicyclic) bond motifs is 2. The Morgan fingerprint density at radius 2 is 2.04 bits per heavy atom. The summed E-state index contributed by atoms with van der Waals surface area (Å²) in [5, 5.41) is 5.35. The van der Waals surface area contributed by atoms with Crippen LogP contribution in [-0.2, 0) is 4.79 Å². The standard InChI is InChI=1S/C17H13Cl2N3O3S/c18-10-8-13-14(25-6-1-5-24-13)9-11(10)20-15(23)3-2-12-16(19)21-17-22(12)4-7-26-17/h2-4,7-9H,1,5-6H2,(H,20,23)/b3-2+. The summed E-state index contributed by atoms with van der Waals surface area (Å²) in [7, 11) is 0. The summed E-state index contributed by atoms with van der Waals surface area (Å²) in [6.07, 6.45) is 5.63. The molecule has 1 aromatic carbocycles. The van der Waals surface area contributed by atoms with Crippen molar-refractivity contribution < 1.29 is 14.3 Å². The van der Waals surface area contributed by atoms with Crippen LogP contribution in [0.1, 0.15) is 12.1 Å². The van der Waals surface area contributed by atoms with Gasteiger partial charge in [0.1, 0.15) is 0 Å². The Kier molecular flexibility index (Phi) is 4.76.